The van der Waals surface area contributed by atoms with Gasteiger partial charge in [-0.1, -0.05) is 47.5 Å². The zero-order valence-electron chi connectivity index (χ0n) is 21.8. The van der Waals surface area contributed by atoms with Crippen LogP contribution >= 0.6 is 35.0 Å². The molecule has 11 heteroatoms. The molecule has 2 aliphatic rings. The molecular weight excluding hydrogens is 571 g/mol. The number of amides is 1. The highest BCUT2D eigenvalue weighted by molar-refractivity contribution is 8.27. The molecule has 3 aromatic carbocycles. The molecule has 0 saturated carbocycles. The van der Waals surface area contributed by atoms with Crippen LogP contribution in [0.2, 0.25) is 10.0 Å². The Balaban J connectivity index is 1.32. The van der Waals surface area contributed by atoms with Crippen molar-refractivity contribution >= 4 is 63.0 Å². The molecule has 2 heterocycles. The first-order chi connectivity index (χ1) is 19.2. The molecular formula is C29H24Cl2N4O4S. The van der Waals surface area contributed by atoms with E-state index in [1.807, 2.05) is 50.2 Å². The summed E-state index contributed by atoms with van der Waals surface area (Å²) in [6.45, 7) is 4.63. The second-order valence-corrected chi connectivity index (χ2v) is 10.7. The van der Waals surface area contributed by atoms with Crippen LogP contribution in [-0.4, -0.2) is 47.3 Å². The van der Waals surface area contributed by atoms with Crippen LogP contribution in [0.4, 0.5) is 0 Å². The number of nitrogens with zero attached hydrogens (tertiary/aromatic N) is 3. The second-order valence-electron chi connectivity index (χ2n) is 8.88. The first-order valence-electron chi connectivity index (χ1n) is 12.2. The van der Waals surface area contributed by atoms with Crippen LogP contribution in [0, 0.1) is 19.3 Å². The lowest BCUT2D eigenvalue weighted by Crippen LogP contribution is -2.35. The van der Waals surface area contributed by atoms with Gasteiger partial charge in [-0.2, -0.15) is 15.1 Å². The highest BCUT2D eigenvalue weighted by Gasteiger charge is 2.36. The van der Waals surface area contributed by atoms with Crippen molar-refractivity contribution in [3.05, 3.63) is 92.5 Å². The molecule has 0 aromatic heterocycles. The van der Waals surface area contributed by atoms with Crippen molar-refractivity contribution in [3.63, 3.8) is 0 Å². The van der Waals surface area contributed by atoms with E-state index in [1.165, 1.54) is 35.5 Å². The summed E-state index contributed by atoms with van der Waals surface area (Å²) in [6, 6.07) is 16.4. The van der Waals surface area contributed by atoms with Crippen LogP contribution in [0.15, 0.2) is 70.3 Å². The zero-order valence-corrected chi connectivity index (χ0v) is 24.2. The Morgan fingerprint density at radius 3 is 2.52 bits per heavy atom. The largest absolute Gasteiger partial charge is 0.493 e. The number of methoxy groups -OCH3 is 1. The number of thioether (sulfide) groups is 1. The highest BCUT2D eigenvalue weighted by atomic mass is 35.5. The molecule has 204 valence electrons. The third kappa shape index (κ3) is 5.72. The zero-order chi connectivity index (χ0) is 28.4. The van der Waals surface area contributed by atoms with E-state index in [-0.39, 0.29) is 23.0 Å². The monoisotopic (exact) mass is 594 g/mol. The number of nitrogens with one attached hydrogen (secondary N) is 1. The molecule has 1 amide bonds. The number of carbonyl (C=O) groups excluding carboxylic acids is 1. The lowest BCUT2D eigenvalue weighted by molar-refractivity contribution is -0.114. The number of aliphatic imine (C=N–C) groups is 1. The highest BCUT2D eigenvalue weighted by Crippen LogP contribution is 2.38. The minimum atomic E-state index is -0.557. The maximum Gasteiger partial charge on any atom is 0.283 e. The van der Waals surface area contributed by atoms with E-state index >= 15 is 0 Å². The summed E-state index contributed by atoms with van der Waals surface area (Å²) in [5.41, 5.74) is 3.64. The van der Waals surface area contributed by atoms with Crippen molar-refractivity contribution in [2.75, 3.05) is 20.3 Å². The van der Waals surface area contributed by atoms with Gasteiger partial charge in [0.1, 0.15) is 24.0 Å². The molecule has 0 aliphatic carbocycles. The Morgan fingerprint density at radius 2 is 1.77 bits per heavy atom. The summed E-state index contributed by atoms with van der Waals surface area (Å²) in [4.78, 5) is 17.0. The van der Waals surface area contributed by atoms with Gasteiger partial charge in [-0.05, 0) is 78.7 Å². The van der Waals surface area contributed by atoms with Gasteiger partial charge in [0.15, 0.2) is 17.3 Å². The number of fused-ring (bicyclic) bond motifs is 1. The molecule has 40 heavy (non-hydrogen) atoms. The second kappa shape index (κ2) is 11.8. The summed E-state index contributed by atoms with van der Waals surface area (Å²) in [5, 5.41) is 16.1. The maximum absolute atomic E-state index is 12.9. The van der Waals surface area contributed by atoms with Gasteiger partial charge in [0.25, 0.3) is 5.91 Å². The fourth-order valence-corrected chi connectivity index (χ4v) is 5.46. The van der Waals surface area contributed by atoms with Crippen molar-refractivity contribution in [1.29, 1.82) is 5.41 Å². The number of hydrogen-bond donors (Lipinski definition) is 1. The van der Waals surface area contributed by atoms with Crippen LogP contribution in [0.25, 0.3) is 6.08 Å². The van der Waals surface area contributed by atoms with Crippen LogP contribution in [0.1, 0.15) is 22.3 Å². The van der Waals surface area contributed by atoms with E-state index in [9.17, 15) is 4.79 Å². The molecule has 0 radical (unpaired) electrons. The fourth-order valence-electron chi connectivity index (χ4n) is 3.97. The Labute approximate surface area is 245 Å². The predicted molar refractivity (Wildman–Crippen MR) is 160 cm³/mol. The number of halogens is 2. The standard InChI is InChI=1S/C29H24Cl2N4O4S/c1-16-8-9-19(12-17(16)2)38-10-11-39-25-23(31)14-18(15-24(25)37-3)13-21-26(32)35-29(33-27(21)36)40-28(34-35)20-6-4-5-7-22(20)30/h4-9,12-15,32H,10-11H2,1-3H3/b21-13+,32-26?. The van der Waals surface area contributed by atoms with E-state index in [0.717, 1.165) is 11.3 Å². The molecule has 8 nitrogen and oxygen atoms in total. The van der Waals surface area contributed by atoms with Crippen molar-refractivity contribution in [3.8, 4) is 17.2 Å². The number of carbonyl (C=O) groups is 1. The van der Waals surface area contributed by atoms with E-state index in [2.05, 4.69) is 10.1 Å². The van der Waals surface area contributed by atoms with Crippen LogP contribution in [0.5, 0.6) is 17.2 Å². The topological polar surface area (TPSA) is 96.6 Å². The molecule has 0 spiro atoms. The van der Waals surface area contributed by atoms with Crippen LogP contribution < -0.4 is 14.2 Å². The predicted octanol–water partition coefficient (Wildman–Crippen LogP) is 6.74. The van der Waals surface area contributed by atoms with Gasteiger partial charge in [0.05, 0.1) is 22.7 Å². The van der Waals surface area contributed by atoms with Crippen molar-refractivity contribution in [2.24, 2.45) is 10.1 Å². The first kappa shape index (κ1) is 27.8. The molecule has 0 unspecified atom stereocenters. The number of benzene rings is 3. The van der Waals surface area contributed by atoms with Crippen LogP contribution in [-0.2, 0) is 4.79 Å². The number of hydrogen-bond acceptors (Lipinski definition) is 7. The summed E-state index contributed by atoms with van der Waals surface area (Å²) in [7, 11) is 1.50. The van der Waals surface area contributed by atoms with E-state index in [4.69, 9.17) is 42.8 Å². The van der Waals surface area contributed by atoms with E-state index < -0.39 is 5.91 Å². The molecule has 0 atom stereocenters. The minimum absolute atomic E-state index is 0.0575. The number of aryl methyl sites for hydroxylation is 2. The quantitative estimate of drug-likeness (QED) is 0.229. The lowest BCUT2D eigenvalue weighted by Gasteiger charge is -2.20. The number of ether oxygens (including phenoxy) is 3. The summed E-state index contributed by atoms with van der Waals surface area (Å²) < 4.78 is 17.2. The van der Waals surface area contributed by atoms with Gasteiger partial charge in [0.2, 0.25) is 5.17 Å². The van der Waals surface area contributed by atoms with Crippen molar-refractivity contribution in [1.82, 2.24) is 5.01 Å². The Hall–Kier alpha value is -3.79. The SMILES string of the molecule is COc1cc(/C=C2\C(=N)N3N=C(c4ccccc4Cl)SC3=NC2=O)cc(Cl)c1OCCOc1ccc(C)c(C)c1. The van der Waals surface area contributed by atoms with Gasteiger partial charge in [-0.15, -0.1) is 0 Å². The molecule has 1 N–H and O–H groups in total. The molecule has 0 fully saturated rings. The molecule has 0 saturated heterocycles. The third-order valence-corrected chi connectivity index (χ3v) is 7.75. The van der Waals surface area contributed by atoms with Crippen molar-refractivity contribution in [2.45, 2.75) is 13.8 Å². The van der Waals surface area contributed by atoms with E-state index in [1.54, 1.807) is 18.2 Å². The molecule has 0 bridgehead atoms. The summed E-state index contributed by atoms with van der Waals surface area (Å²) in [6.07, 6.45) is 1.53. The van der Waals surface area contributed by atoms with Gasteiger partial charge >= 0.3 is 0 Å². The Bertz CT molecular complexity index is 1620. The average Bonchev–Trinajstić information content (AvgIpc) is 3.35. The van der Waals surface area contributed by atoms with E-state index in [0.29, 0.717) is 44.5 Å². The number of amidine groups is 2. The van der Waals surface area contributed by atoms with Gasteiger partial charge < -0.3 is 14.2 Å². The van der Waals surface area contributed by atoms with Gasteiger partial charge in [-0.25, -0.2) is 0 Å². The van der Waals surface area contributed by atoms with Crippen molar-refractivity contribution < 1.29 is 19.0 Å². The summed E-state index contributed by atoms with van der Waals surface area (Å²) in [5.74, 6) is 0.823. The first-order valence-corrected chi connectivity index (χ1v) is 13.8. The van der Waals surface area contributed by atoms with Gasteiger partial charge in [0, 0.05) is 5.56 Å². The average molecular weight is 596 g/mol. The minimum Gasteiger partial charge on any atom is -0.493 e. The Kier molecular flexibility index (Phi) is 8.16. The fraction of sp³-hybridized carbons (Fsp3) is 0.172. The molecule has 2 aliphatic heterocycles. The Morgan fingerprint density at radius 1 is 1.00 bits per heavy atom. The third-order valence-electron chi connectivity index (χ3n) is 6.20. The van der Waals surface area contributed by atoms with Crippen LogP contribution in [0.3, 0.4) is 0 Å². The van der Waals surface area contributed by atoms with Gasteiger partial charge in [-0.3, -0.25) is 10.2 Å². The normalized spacial score (nSPS) is 15.6. The number of hydrazone groups is 1. The smallest absolute Gasteiger partial charge is 0.283 e. The maximum atomic E-state index is 12.9. The molecule has 5 rings (SSSR count). The number of rotatable bonds is 8. The summed E-state index contributed by atoms with van der Waals surface area (Å²) >= 11 is 14.0. The lowest BCUT2D eigenvalue weighted by atomic mass is 10.1. The molecule has 3 aromatic rings.